The molecule has 0 saturated heterocycles. The van der Waals surface area contributed by atoms with Gasteiger partial charge in [0.15, 0.2) is 0 Å². The van der Waals surface area contributed by atoms with Crippen LogP contribution in [0.2, 0.25) is 5.02 Å². The van der Waals surface area contributed by atoms with E-state index in [1.54, 1.807) is 18.2 Å². The van der Waals surface area contributed by atoms with Gasteiger partial charge in [0.05, 0.1) is 0 Å². The molecule has 0 saturated carbocycles. The van der Waals surface area contributed by atoms with Gasteiger partial charge in [0.25, 0.3) is 0 Å². The number of halogens is 1. The fraction of sp³-hybridized carbons (Fsp3) is 0.222. The molecule has 0 amide bonds. The van der Waals surface area contributed by atoms with Crippen LogP contribution in [0.1, 0.15) is 5.56 Å². The largest absolute Gasteiger partial charge is 0.480 e. The monoisotopic (exact) mass is 214 g/mol. The number of hydrogen-bond acceptors (Lipinski definition) is 3. The van der Waals surface area contributed by atoms with Gasteiger partial charge in [-0.2, -0.15) is 0 Å². The molecule has 0 fully saturated rings. The maximum absolute atomic E-state index is 10.5. The molecular weight excluding hydrogens is 204 g/mol. The highest BCUT2D eigenvalue weighted by Crippen LogP contribution is 2.18. The van der Waals surface area contributed by atoms with Crippen molar-refractivity contribution in [2.24, 2.45) is 5.73 Å². The number of carboxylic acids is 1. The van der Waals surface area contributed by atoms with Crippen molar-refractivity contribution in [3.8, 4) is 0 Å². The molecule has 0 aliphatic rings. The Labute approximate surface area is 86.5 Å². The van der Waals surface area contributed by atoms with Crippen LogP contribution in [-0.4, -0.2) is 17.1 Å². The molecule has 1 aromatic carbocycles. The van der Waals surface area contributed by atoms with Gasteiger partial charge < -0.3 is 16.6 Å². The summed E-state index contributed by atoms with van der Waals surface area (Å²) < 4.78 is 0. The first kappa shape index (κ1) is 10.8. The van der Waals surface area contributed by atoms with Crippen molar-refractivity contribution in [3.05, 3.63) is 28.8 Å². The lowest BCUT2D eigenvalue weighted by molar-refractivity contribution is -0.138. The van der Waals surface area contributed by atoms with Gasteiger partial charge in [0, 0.05) is 17.1 Å². The van der Waals surface area contributed by atoms with Gasteiger partial charge >= 0.3 is 5.97 Å². The topological polar surface area (TPSA) is 89.3 Å². The zero-order valence-electron chi connectivity index (χ0n) is 7.40. The quantitative estimate of drug-likeness (QED) is 0.652. The lowest BCUT2D eigenvalue weighted by Crippen LogP contribution is -2.32. The van der Waals surface area contributed by atoms with Gasteiger partial charge in [0.1, 0.15) is 6.04 Å². The number of rotatable bonds is 3. The fourth-order valence-electron chi connectivity index (χ4n) is 1.08. The summed E-state index contributed by atoms with van der Waals surface area (Å²) in [6.07, 6.45) is 0.207. The van der Waals surface area contributed by atoms with Crippen LogP contribution in [0.5, 0.6) is 0 Å². The molecule has 0 radical (unpaired) electrons. The van der Waals surface area contributed by atoms with Gasteiger partial charge in [-0.15, -0.1) is 0 Å². The second kappa shape index (κ2) is 4.30. The van der Waals surface area contributed by atoms with E-state index in [1.807, 2.05) is 0 Å². The van der Waals surface area contributed by atoms with Gasteiger partial charge in [-0.25, -0.2) is 0 Å². The SMILES string of the molecule is Nc1cc(Cl)ccc1CC(N)C(=O)O. The molecule has 5 heteroatoms. The Morgan fingerprint density at radius 3 is 2.71 bits per heavy atom. The summed E-state index contributed by atoms with van der Waals surface area (Å²) in [4.78, 5) is 10.5. The van der Waals surface area contributed by atoms with Crippen molar-refractivity contribution in [1.82, 2.24) is 0 Å². The maximum atomic E-state index is 10.5. The molecule has 5 N–H and O–H groups in total. The number of benzene rings is 1. The van der Waals surface area contributed by atoms with Crippen LogP contribution < -0.4 is 11.5 Å². The minimum Gasteiger partial charge on any atom is -0.480 e. The van der Waals surface area contributed by atoms with E-state index in [0.29, 0.717) is 16.3 Å². The van der Waals surface area contributed by atoms with Crippen LogP contribution >= 0.6 is 11.6 Å². The number of anilines is 1. The molecule has 1 atom stereocenters. The van der Waals surface area contributed by atoms with Crippen molar-refractivity contribution in [2.75, 3.05) is 5.73 Å². The van der Waals surface area contributed by atoms with Gasteiger partial charge in [-0.1, -0.05) is 17.7 Å². The lowest BCUT2D eigenvalue weighted by atomic mass is 10.1. The Bertz CT molecular complexity index is 355. The van der Waals surface area contributed by atoms with Crippen molar-refractivity contribution in [2.45, 2.75) is 12.5 Å². The van der Waals surface area contributed by atoms with Gasteiger partial charge in [-0.3, -0.25) is 4.79 Å². The summed E-state index contributed by atoms with van der Waals surface area (Å²) in [6, 6.07) is 3.98. The van der Waals surface area contributed by atoms with Crippen molar-refractivity contribution in [1.29, 1.82) is 0 Å². The van der Waals surface area contributed by atoms with Crippen LogP contribution in [0.4, 0.5) is 5.69 Å². The second-order valence-corrected chi connectivity index (χ2v) is 3.43. The summed E-state index contributed by atoms with van der Waals surface area (Å²) in [6.45, 7) is 0. The number of aliphatic carboxylic acids is 1. The van der Waals surface area contributed by atoms with E-state index < -0.39 is 12.0 Å². The summed E-state index contributed by atoms with van der Waals surface area (Å²) in [5.41, 5.74) is 12.2. The average molecular weight is 215 g/mol. The maximum Gasteiger partial charge on any atom is 0.320 e. The highest BCUT2D eigenvalue weighted by molar-refractivity contribution is 6.30. The second-order valence-electron chi connectivity index (χ2n) is 2.99. The summed E-state index contributed by atoms with van der Waals surface area (Å²) in [7, 11) is 0. The zero-order chi connectivity index (χ0) is 10.7. The zero-order valence-corrected chi connectivity index (χ0v) is 8.16. The molecule has 0 heterocycles. The first-order chi connectivity index (χ1) is 6.50. The van der Waals surface area contributed by atoms with Crippen molar-refractivity contribution >= 4 is 23.3 Å². The fourth-order valence-corrected chi connectivity index (χ4v) is 1.26. The van der Waals surface area contributed by atoms with E-state index in [-0.39, 0.29) is 6.42 Å². The van der Waals surface area contributed by atoms with E-state index in [1.165, 1.54) is 0 Å². The smallest absolute Gasteiger partial charge is 0.320 e. The third kappa shape index (κ3) is 2.61. The van der Waals surface area contributed by atoms with Crippen molar-refractivity contribution < 1.29 is 9.90 Å². The molecular formula is C9H11ClN2O2. The number of hydrogen-bond donors (Lipinski definition) is 3. The van der Waals surface area contributed by atoms with Crippen LogP contribution in [0, 0.1) is 0 Å². The summed E-state index contributed by atoms with van der Waals surface area (Å²) >= 11 is 5.69. The Morgan fingerprint density at radius 2 is 2.21 bits per heavy atom. The molecule has 0 spiro atoms. The minimum absolute atomic E-state index is 0.207. The minimum atomic E-state index is -1.04. The standard InChI is InChI=1S/C9H11ClN2O2/c10-6-2-1-5(7(11)4-6)3-8(12)9(13)14/h1-2,4,8H,3,11-12H2,(H,13,14). The lowest BCUT2D eigenvalue weighted by Gasteiger charge is -2.08. The first-order valence-electron chi connectivity index (χ1n) is 4.03. The Kier molecular flexibility index (Phi) is 3.33. The summed E-state index contributed by atoms with van der Waals surface area (Å²) in [5.74, 6) is -1.04. The van der Waals surface area contributed by atoms with Crippen LogP contribution in [-0.2, 0) is 11.2 Å². The molecule has 1 unspecified atom stereocenters. The Hall–Kier alpha value is -1.26. The molecule has 4 nitrogen and oxygen atoms in total. The average Bonchev–Trinajstić information content (AvgIpc) is 2.09. The van der Waals surface area contributed by atoms with Gasteiger partial charge in [0.2, 0.25) is 0 Å². The number of carboxylic acid groups (broad SMARTS) is 1. The molecule has 1 rings (SSSR count). The summed E-state index contributed by atoms with van der Waals surface area (Å²) in [5, 5.41) is 9.12. The molecule has 1 aromatic rings. The Morgan fingerprint density at radius 1 is 1.57 bits per heavy atom. The highest BCUT2D eigenvalue weighted by Gasteiger charge is 2.13. The van der Waals surface area contributed by atoms with E-state index in [4.69, 9.17) is 28.2 Å². The number of nitrogen functional groups attached to an aromatic ring is 1. The predicted octanol–water partition coefficient (Wildman–Crippen LogP) is 0.877. The van der Waals surface area contributed by atoms with Crippen LogP contribution in [0.25, 0.3) is 0 Å². The molecule has 76 valence electrons. The molecule has 0 bridgehead atoms. The van der Waals surface area contributed by atoms with E-state index in [9.17, 15) is 4.79 Å². The van der Waals surface area contributed by atoms with Gasteiger partial charge in [-0.05, 0) is 17.7 Å². The van der Waals surface area contributed by atoms with Crippen LogP contribution in [0.3, 0.4) is 0 Å². The molecule has 0 aliphatic heterocycles. The van der Waals surface area contributed by atoms with E-state index in [2.05, 4.69) is 0 Å². The van der Waals surface area contributed by atoms with E-state index in [0.717, 1.165) is 0 Å². The Balaban J connectivity index is 2.82. The van der Waals surface area contributed by atoms with E-state index >= 15 is 0 Å². The first-order valence-corrected chi connectivity index (χ1v) is 4.41. The molecule has 14 heavy (non-hydrogen) atoms. The van der Waals surface area contributed by atoms with Crippen LogP contribution in [0.15, 0.2) is 18.2 Å². The van der Waals surface area contributed by atoms with Crippen molar-refractivity contribution in [3.63, 3.8) is 0 Å². The highest BCUT2D eigenvalue weighted by atomic mass is 35.5. The normalized spacial score (nSPS) is 12.4. The third-order valence-corrected chi connectivity index (χ3v) is 2.10. The number of carbonyl (C=O) groups is 1. The molecule has 0 aromatic heterocycles. The number of nitrogens with two attached hydrogens (primary N) is 2. The third-order valence-electron chi connectivity index (χ3n) is 1.86. The predicted molar refractivity (Wildman–Crippen MR) is 55.2 cm³/mol. The molecule has 0 aliphatic carbocycles.